The summed E-state index contributed by atoms with van der Waals surface area (Å²) < 4.78 is 10.5. The maximum absolute atomic E-state index is 11.9. The van der Waals surface area contributed by atoms with E-state index in [4.69, 9.17) is 21.1 Å². The number of ether oxygens (including phenoxy) is 2. The van der Waals surface area contributed by atoms with Crippen molar-refractivity contribution in [3.63, 3.8) is 0 Å². The van der Waals surface area contributed by atoms with Gasteiger partial charge in [0, 0.05) is 5.69 Å². The van der Waals surface area contributed by atoms with Crippen molar-refractivity contribution in [3.05, 3.63) is 53.1 Å². The lowest BCUT2D eigenvalue weighted by Gasteiger charge is -2.09. The van der Waals surface area contributed by atoms with E-state index in [1.54, 1.807) is 18.2 Å². The van der Waals surface area contributed by atoms with Crippen molar-refractivity contribution in [1.82, 2.24) is 0 Å². The highest BCUT2D eigenvalue weighted by Gasteiger charge is 2.06. The molecule has 0 heterocycles. The van der Waals surface area contributed by atoms with Gasteiger partial charge in [0.2, 0.25) is 0 Å². The minimum atomic E-state index is -0.249. The molecule has 1 amide bonds. The highest BCUT2D eigenvalue weighted by Crippen LogP contribution is 2.27. The molecule has 1 N–H and O–H groups in total. The second kappa shape index (κ2) is 7.71. The van der Waals surface area contributed by atoms with Crippen LogP contribution in [0.25, 0.3) is 0 Å². The van der Waals surface area contributed by atoms with Crippen LogP contribution in [0.5, 0.6) is 11.5 Å². The van der Waals surface area contributed by atoms with Gasteiger partial charge < -0.3 is 14.8 Å². The topological polar surface area (TPSA) is 47.6 Å². The molecule has 0 spiro atoms. The van der Waals surface area contributed by atoms with Crippen LogP contribution in [0.1, 0.15) is 12.5 Å². The number of aryl methyl sites for hydroxylation is 1. The van der Waals surface area contributed by atoms with Crippen molar-refractivity contribution >= 4 is 23.2 Å². The van der Waals surface area contributed by atoms with Gasteiger partial charge in [-0.3, -0.25) is 4.79 Å². The Morgan fingerprint density at radius 3 is 2.50 bits per heavy atom. The Morgan fingerprint density at radius 1 is 1.18 bits per heavy atom. The molecule has 5 heteroatoms. The Kier molecular flexibility index (Phi) is 5.67. The third kappa shape index (κ3) is 4.40. The molecule has 2 aromatic carbocycles. The smallest absolute Gasteiger partial charge is 0.262 e. The summed E-state index contributed by atoms with van der Waals surface area (Å²) in [7, 11) is 1.54. The van der Waals surface area contributed by atoms with Gasteiger partial charge >= 0.3 is 0 Å². The molecule has 116 valence electrons. The van der Waals surface area contributed by atoms with E-state index in [-0.39, 0.29) is 12.5 Å². The molecule has 0 aliphatic rings. The largest absolute Gasteiger partial charge is 0.495 e. The first-order valence-electron chi connectivity index (χ1n) is 6.97. The lowest BCUT2D eigenvalue weighted by atomic mass is 10.2. The minimum Gasteiger partial charge on any atom is -0.495 e. The summed E-state index contributed by atoms with van der Waals surface area (Å²) in [6.45, 7) is 2.03. The highest BCUT2D eigenvalue weighted by molar-refractivity contribution is 6.32. The number of carbonyl (C=O) groups is 1. The molecule has 2 rings (SSSR count). The van der Waals surface area contributed by atoms with Crippen molar-refractivity contribution in [3.8, 4) is 11.5 Å². The van der Waals surface area contributed by atoms with Gasteiger partial charge in [0.15, 0.2) is 6.61 Å². The molecule has 0 unspecified atom stereocenters. The molecule has 0 aliphatic heterocycles. The molecule has 0 saturated carbocycles. The summed E-state index contributed by atoms with van der Waals surface area (Å²) in [5, 5.41) is 3.16. The SMILES string of the molecule is CCc1ccc(OCC(=O)Nc2ccc(OC)c(Cl)c2)cc1. The standard InChI is InChI=1S/C17H18ClNO3/c1-3-12-4-7-14(8-5-12)22-11-17(20)19-13-6-9-16(21-2)15(18)10-13/h4-10H,3,11H2,1-2H3,(H,19,20). The monoisotopic (exact) mass is 319 g/mol. The Hall–Kier alpha value is -2.20. The maximum atomic E-state index is 11.9. The van der Waals surface area contributed by atoms with Crippen LogP contribution in [0.2, 0.25) is 5.02 Å². The minimum absolute atomic E-state index is 0.0604. The normalized spacial score (nSPS) is 10.1. The van der Waals surface area contributed by atoms with Gasteiger partial charge in [-0.1, -0.05) is 30.7 Å². The molecule has 0 atom stereocenters. The lowest BCUT2D eigenvalue weighted by molar-refractivity contribution is -0.118. The Morgan fingerprint density at radius 2 is 1.91 bits per heavy atom. The summed E-state index contributed by atoms with van der Waals surface area (Å²) in [5.74, 6) is 0.979. The molecule has 4 nitrogen and oxygen atoms in total. The van der Waals surface area contributed by atoms with Gasteiger partial charge in [-0.05, 0) is 42.3 Å². The summed E-state index contributed by atoms with van der Waals surface area (Å²) in [6.07, 6.45) is 0.971. The van der Waals surface area contributed by atoms with E-state index in [1.165, 1.54) is 12.7 Å². The Labute approximate surface area is 135 Å². The lowest BCUT2D eigenvalue weighted by Crippen LogP contribution is -2.20. The van der Waals surface area contributed by atoms with E-state index in [2.05, 4.69) is 12.2 Å². The maximum Gasteiger partial charge on any atom is 0.262 e. The van der Waals surface area contributed by atoms with Crippen LogP contribution < -0.4 is 14.8 Å². The second-order valence-electron chi connectivity index (χ2n) is 4.68. The zero-order valence-corrected chi connectivity index (χ0v) is 13.3. The van der Waals surface area contributed by atoms with Gasteiger partial charge in [0.25, 0.3) is 5.91 Å². The summed E-state index contributed by atoms with van der Waals surface area (Å²) in [5.41, 5.74) is 1.82. The molecule has 0 fully saturated rings. The third-order valence-corrected chi connectivity index (χ3v) is 3.43. The molecule has 2 aromatic rings. The number of carbonyl (C=O) groups excluding carboxylic acids is 1. The number of halogens is 1. The first-order chi connectivity index (χ1) is 10.6. The van der Waals surface area contributed by atoms with Crippen LogP contribution in [-0.2, 0) is 11.2 Å². The molecule has 0 radical (unpaired) electrons. The number of nitrogens with one attached hydrogen (secondary N) is 1. The first-order valence-corrected chi connectivity index (χ1v) is 7.35. The van der Waals surface area contributed by atoms with Crippen LogP contribution in [0.3, 0.4) is 0 Å². The molecule has 0 bridgehead atoms. The first kappa shape index (κ1) is 16.2. The average Bonchev–Trinajstić information content (AvgIpc) is 2.53. The summed E-state index contributed by atoms with van der Waals surface area (Å²) in [6, 6.07) is 12.7. The van der Waals surface area contributed by atoms with Crippen molar-refractivity contribution in [2.75, 3.05) is 19.0 Å². The highest BCUT2D eigenvalue weighted by atomic mass is 35.5. The predicted molar refractivity (Wildman–Crippen MR) is 87.9 cm³/mol. The van der Waals surface area contributed by atoms with Crippen LogP contribution in [-0.4, -0.2) is 19.6 Å². The van der Waals surface area contributed by atoms with Crippen molar-refractivity contribution in [1.29, 1.82) is 0 Å². The van der Waals surface area contributed by atoms with Gasteiger partial charge in [-0.15, -0.1) is 0 Å². The van der Waals surface area contributed by atoms with E-state index in [9.17, 15) is 4.79 Å². The Balaban J connectivity index is 1.88. The van der Waals surface area contributed by atoms with Crippen LogP contribution in [0.4, 0.5) is 5.69 Å². The fourth-order valence-corrected chi connectivity index (χ4v) is 2.17. The summed E-state index contributed by atoms with van der Waals surface area (Å²) in [4.78, 5) is 11.9. The van der Waals surface area contributed by atoms with Crippen LogP contribution >= 0.6 is 11.6 Å². The molecule has 0 aliphatic carbocycles. The number of hydrogen-bond donors (Lipinski definition) is 1. The summed E-state index contributed by atoms with van der Waals surface area (Å²) >= 11 is 6.01. The van der Waals surface area contributed by atoms with E-state index in [0.717, 1.165) is 6.42 Å². The number of rotatable bonds is 6. The molecule has 0 saturated heterocycles. The van der Waals surface area contributed by atoms with Gasteiger partial charge in [-0.25, -0.2) is 0 Å². The zero-order chi connectivity index (χ0) is 15.9. The number of benzene rings is 2. The predicted octanol–water partition coefficient (Wildman–Crippen LogP) is 3.93. The van der Waals surface area contributed by atoms with Gasteiger partial charge in [-0.2, -0.15) is 0 Å². The fraction of sp³-hybridized carbons (Fsp3) is 0.235. The average molecular weight is 320 g/mol. The van der Waals surface area contributed by atoms with Crippen molar-refractivity contribution in [2.45, 2.75) is 13.3 Å². The third-order valence-electron chi connectivity index (χ3n) is 3.14. The van der Waals surface area contributed by atoms with Crippen molar-refractivity contribution in [2.24, 2.45) is 0 Å². The molecular weight excluding hydrogens is 302 g/mol. The van der Waals surface area contributed by atoms with E-state index in [0.29, 0.717) is 22.2 Å². The van der Waals surface area contributed by atoms with Gasteiger partial charge in [0.05, 0.1) is 12.1 Å². The Bertz CT molecular complexity index is 641. The van der Waals surface area contributed by atoms with Crippen LogP contribution in [0, 0.1) is 0 Å². The van der Waals surface area contributed by atoms with E-state index >= 15 is 0 Å². The van der Waals surface area contributed by atoms with Crippen LogP contribution in [0.15, 0.2) is 42.5 Å². The number of methoxy groups -OCH3 is 1. The quantitative estimate of drug-likeness (QED) is 0.877. The van der Waals surface area contributed by atoms with E-state index in [1.807, 2.05) is 24.3 Å². The molecular formula is C17H18ClNO3. The van der Waals surface area contributed by atoms with Crippen molar-refractivity contribution < 1.29 is 14.3 Å². The molecule has 0 aromatic heterocycles. The molecule has 22 heavy (non-hydrogen) atoms. The van der Waals surface area contributed by atoms with E-state index < -0.39 is 0 Å². The zero-order valence-electron chi connectivity index (χ0n) is 12.6. The number of hydrogen-bond acceptors (Lipinski definition) is 3. The number of amides is 1. The fourth-order valence-electron chi connectivity index (χ4n) is 1.91. The van der Waals surface area contributed by atoms with Gasteiger partial charge in [0.1, 0.15) is 11.5 Å². The number of anilines is 1. The second-order valence-corrected chi connectivity index (χ2v) is 5.09.